The fourth-order valence-corrected chi connectivity index (χ4v) is 2.51. The fraction of sp³-hybridized carbons (Fsp3) is 0.611. The molecule has 0 bridgehead atoms. The van der Waals surface area contributed by atoms with Gasteiger partial charge in [-0.05, 0) is 23.8 Å². The molecule has 0 amide bonds. The predicted molar refractivity (Wildman–Crippen MR) is 82.2 cm³/mol. The third-order valence-corrected chi connectivity index (χ3v) is 3.29. The Balaban J connectivity index is 2.90. The monoisotopic (exact) mass is 260 g/mol. The van der Waals surface area contributed by atoms with Gasteiger partial charge in [0.2, 0.25) is 0 Å². The first-order valence-corrected chi connectivity index (χ1v) is 7.18. The van der Waals surface area contributed by atoms with E-state index in [9.17, 15) is 4.79 Å². The average molecular weight is 260 g/mol. The predicted octanol–water partition coefficient (Wildman–Crippen LogP) is 4.90. The molecule has 0 fully saturated rings. The molecule has 0 N–H and O–H groups in total. The summed E-state index contributed by atoms with van der Waals surface area (Å²) < 4.78 is 0. The Morgan fingerprint density at radius 3 is 1.95 bits per heavy atom. The number of carbonyl (C=O) groups excluding carboxylic acids is 1. The Labute approximate surface area is 118 Å². The van der Waals surface area contributed by atoms with Crippen molar-refractivity contribution < 1.29 is 4.79 Å². The largest absolute Gasteiger partial charge is 0.299 e. The second-order valence-electron chi connectivity index (χ2n) is 7.77. The Morgan fingerprint density at radius 1 is 1.00 bits per heavy atom. The first kappa shape index (κ1) is 15.9. The van der Waals surface area contributed by atoms with Gasteiger partial charge in [-0.1, -0.05) is 71.9 Å². The van der Waals surface area contributed by atoms with Crippen LogP contribution in [0.2, 0.25) is 0 Å². The minimum absolute atomic E-state index is 0.113. The summed E-state index contributed by atoms with van der Waals surface area (Å²) in [5.74, 6) is 0.494. The second kappa shape index (κ2) is 5.90. The van der Waals surface area contributed by atoms with Crippen LogP contribution in [-0.2, 0) is 11.2 Å². The van der Waals surface area contributed by atoms with E-state index in [4.69, 9.17) is 0 Å². The molecule has 1 aromatic rings. The number of Topliss-reactive ketones (excluding diaryl/α,β-unsaturated/α-hetero) is 1. The molecule has 1 nitrogen and oxygen atoms in total. The Morgan fingerprint density at radius 2 is 1.53 bits per heavy atom. The summed E-state index contributed by atoms with van der Waals surface area (Å²) >= 11 is 0. The number of rotatable bonds is 4. The summed E-state index contributed by atoms with van der Waals surface area (Å²) in [4.78, 5) is 12.6. The maximum atomic E-state index is 12.6. The molecule has 1 aromatic carbocycles. The van der Waals surface area contributed by atoms with Crippen molar-refractivity contribution in [2.24, 2.45) is 16.7 Å². The third-order valence-electron chi connectivity index (χ3n) is 3.29. The Bertz CT molecular complexity index is 404. The van der Waals surface area contributed by atoms with Crippen molar-refractivity contribution in [3.8, 4) is 0 Å². The smallest absolute Gasteiger partial charge is 0.141 e. The van der Waals surface area contributed by atoms with Gasteiger partial charge in [-0.25, -0.2) is 0 Å². The van der Waals surface area contributed by atoms with Gasteiger partial charge in [0.1, 0.15) is 5.78 Å². The highest BCUT2D eigenvalue weighted by Gasteiger charge is 2.32. The van der Waals surface area contributed by atoms with Crippen LogP contribution in [0.3, 0.4) is 0 Å². The summed E-state index contributed by atoms with van der Waals surface area (Å²) in [5.41, 5.74) is 1.18. The zero-order valence-electron chi connectivity index (χ0n) is 13.3. The molecular weight excluding hydrogens is 232 g/mol. The summed E-state index contributed by atoms with van der Waals surface area (Å²) in [6.45, 7) is 12.7. The van der Waals surface area contributed by atoms with Crippen molar-refractivity contribution in [3.05, 3.63) is 35.9 Å². The van der Waals surface area contributed by atoms with Gasteiger partial charge in [-0.3, -0.25) is 4.79 Å². The van der Waals surface area contributed by atoms with Crippen molar-refractivity contribution in [1.29, 1.82) is 0 Å². The maximum absolute atomic E-state index is 12.6. The van der Waals surface area contributed by atoms with E-state index >= 15 is 0 Å². The lowest BCUT2D eigenvalue weighted by Gasteiger charge is -2.30. The summed E-state index contributed by atoms with van der Waals surface area (Å²) in [6, 6.07) is 10.3. The summed E-state index contributed by atoms with van der Waals surface area (Å²) in [5, 5.41) is 0. The van der Waals surface area contributed by atoms with E-state index in [1.807, 2.05) is 39.0 Å². The van der Waals surface area contributed by atoms with Crippen molar-refractivity contribution >= 4 is 5.78 Å². The number of carbonyl (C=O) groups is 1. The summed E-state index contributed by atoms with van der Waals surface area (Å²) in [7, 11) is 0. The molecule has 0 saturated heterocycles. The molecule has 1 unspecified atom stereocenters. The number of hydrogen-bond acceptors (Lipinski definition) is 1. The molecule has 0 aliphatic heterocycles. The van der Waals surface area contributed by atoms with Crippen LogP contribution >= 0.6 is 0 Å². The molecule has 0 heterocycles. The molecular formula is C18H28O. The molecule has 0 aliphatic carbocycles. The highest BCUT2D eigenvalue weighted by molar-refractivity contribution is 5.86. The first-order chi connectivity index (χ1) is 8.59. The van der Waals surface area contributed by atoms with Gasteiger partial charge in [0.15, 0.2) is 0 Å². The third kappa shape index (κ3) is 5.59. The van der Waals surface area contributed by atoms with Gasteiger partial charge in [0.05, 0.1) is 0 Å². The minimum Gasteiger partial charge on any atom is -0.299 e. The lowest BCUT2D eigenvalue weighted by molar-refractivity contribution is -0.131. The van der Waals surface area contributed by atoms with E-state index in [0.717, 1.165) is 12.8 Å². The molecule has 1 heteroatoms. The van der Waals surface area contributed by atoms with Gasteiger partial charge in [-0.2, -0.15) is 0 Å². The van der Waals surface area contributed by atoms with E-state index < -0.39 is 0 Å². The molecule has 0 aliphatic rings. The van der Waals surface area contributed by atoms with Crippen LogP contribution < -0.4 is 0 Å². The van der Waals surface area contributed by atoms with E-state index in [1.54, 1.807) is 0 Å². The maximum Gasteiger partial charge on any atom is 0.141 e. The van der Waals surface area contributed by atoms with Gasteiger partial charge >= 0.3 is 0 Å². The van der Waals surface area contributed by atoms with Crippen LogP contribution in [0.5, 0.6) is 0 Å². The van der Waals surface area contributed by atoms with Crippen molar-refractivity contribution in [1.82, 2.24) is 0 Å². The van der Waals surface area contributed by atoms with E-state index in [2.05, 4.69) is 32.9 Å². The zero-order valence-corrected chi connectivity index (χ0v) is 13.3. The number of ketones is 1. The highest BCUT2D eigenvalue weighted by atomic mass is 16.1. The SMILES string of the molecule is CC(C)(C)CC(Cc1ccccc1)C(=O)C(C)(C)C. The highest BCUT2D eigenvalue weighted by Crippen LogP contribution is 2.32. The van der Waals surface area contributed by atoms with Crippen molar-refractivity contribution in [2.75, 3.05) is 0 Å². The summed E-state index contributed by atoms with van der Waals surface area (Å²) in [6.07, 6.45) is 1.80. The van der Waals surface area contributed by atoms with Gasteiger partial charge < -0.3 is 0 Å². The molecule has 0 spiro atoms. The molecule has 0 radical (unpaired) electrons. The molecule has 0 saturated carbocycles. The fourth-order valence-electron chi connectivity index (χ4n) is 2.51. The van der Waals surface area contributed by atoms with Crippen LogP contribution in [0, 0.1) is 16.7 Å². The van der Waals surface area contributed by atoms with Crippen LogP contribution in [0.15, 0.2) is 30.3 Å². The lowest BCUT2D eigenvalue weighted by atomic mass is 9.73. The van der Waals surface area contributed by atoms with E-state index in [-0.39, 0.29) is 16.7 Å². The molecule has 0 aromatic heterocycles. The Hall–Kier alpha value is -1.11. The number of hydrogen-bond donors (Lipinski definition) is 0. The van der Waals surface area contributed by atoms with Gasteiger partial charge in [0.25, 0.3) is 0 Å². The zero-order chi connectivity index (χ0) is 14.7. The van der Waals surface area contributed by atoms with Crippen LogP contribution in [0.4, 0.5) is 0 Å². The minimum atomic E-state index is -0.259. The Kier molecular flexibility index (Phi) is 4.95. The van der Waals surface area contributed by atoms with Crippen LogP contribution in [-0.4, -0.2) is 5.78 Å². The van der Waals surface area contributed by atoms with Crippen LogP contribution in [0.25, 0.3) is 0 Å². The van der Waals surface area contributed by atoms with Gasteiger partial charge in [-0.15, -0.1) is 0 Å². The quantitative estimate of drug-likeness (QED) is 0.752. The molecule has 1 rings (SSSR count). The molecule has 106 valence electrons. The number of benzene rings is 1. The van der Waals surface area contributed by atoms with E-state index in [1.165, 1.54) is 5.56 Å². The van der Waals surface area contributed by atoms with E-state index in [0.29, 0.717) is 5.78 Å². The standard InChI is InChI=1S/C18H28O/c1-17(2,3)13-15(16(19)18(4,5)6)12-14-10-8-7-9-11-14/h7-11,15H,12-13H2,1-6H3. The molecule has 1 atom stereocenters. The van der Waals surface area contributed by atoms with Crippen molar-refractivity contribution in [2.45, 2.75) is 54.4 Å². The van der Waals surface area contributed by atoms with Gasteiger partial charge in [0, 0.05) is 11.3 Å². The van der Waals surface area contributed by atoms with Crippen molar-refractivity contribution in [3.63, 3.8) is 0 Å². The first-order valence-electron chi connectivity index (χ1n) is 7.18. The average Bonchev–Trinajstić information content (AvgIpc) is 2.25. The topological polar surface area (TPSA) is 17.1 Å². The lowest BCUT2D eigenvalue weighted by Crippen LogP contribution is -2.32. The second-order valence-corrected chi connectivity index (χ2v) is 7.77. The normalized spacial score (nSPS) is 14.2. The molecule has 19 heavy (non-hydrogen) atoms. The van der Waals surface area contributed by atoms with Crippen LogP contribution in [0.1, 0.15) is 53.5 Å².